The molecule has 1 aliphatic carbocycles. The van der Waals surface area contributed by atoms with Crippen LogP contribution in [-0.4, -0.2) is 10.7 Å². The van der Waals surface area contributed by atoms with E-state index >= 15 is 0 Å². The van der Waals surface area contributed by atoms with Crippen molar-refractivity contribution < 1.29 is 5.11 Å². The molecule has 0 saturated heterocycles. The van der Waals surface area contributed by atoms with E-state index in [2.05, 4.69) is 13.8 Å². The molecule has 0 aromatic heterocycles. The first-order chi connectivity index (χ1) is 5.20. The molecule has 1 fully saturated rings. The van der Waals surface area contributed by atoms with Gasteiger partial charge in [-0.2, -0.15) is 0 Å². The van der Waals surface area contributed by atoms with Gasteiger partial charge < -0.3 is 5.11 Å². The minimum atomic E-state index is -0.342. The molecule has 1 rings (SSSR count). The monoisotopic (exact) mass is 156 g/mol. The highest BCUT2D eigenvalue weighted by Gasteiger charge is 2.29. The number of hydrogen-bond donors (Lipinski definition) is 1. The summed E-state index contributed by atoms with van der Waals surface area (Å²) in [6, 6.07) is 0. The zero-order valence-corrected chi connectivity index (χ0v) is 7.77. The summed E-state index contributed by atoms with van der Waals surface area (Å²) in [6.45, 7) is 4.17. The SMILES string of the molecule is CCC(O)(CC)CC1CCC1. The predicted molar refractivity (Wildman–Crippen MR) is 47.5 cm³/mol. The van der Waals surface area contributed by atoms with Crippen molar-refractivity contribution >= 4 is 0 Å². The van der Waals surface area contributed by atoms with E-state index in [4.69, 9.17) is 0 Å². The Morgan fingerprint density at radius 3 is 2.09 bits per heavy atom. The van der Waals surface area contributed by atoms with E-state index in [9.17, 15) is 5.11 Å². The van der Waals surface area contributed by atoms with E-state index in [0.717, 1.165) is 25.2 Å². The first-order valence-electron chi connectivity index (χ1n) is 4.92. The second-order valence-corrected chi connectivity index (χ2v) is 3.93. The maximum Gasteiger partial charge on any atom is 0.0645 e. The van der Waals surface area contributed by atoms with Crippen molar-refractivity contribution in [3.63, 3.8) is 0 Å². The van der Waals surface area contributed by atoms with Crippen molar-refractivity contribution in [3.05, 3.63) is 0 Å². The lowest BCUT2D eigenvalue weighted by Crippen LogP contribution is -2.31. The van der Waals surface area contributed by atoms with Crippen LogP contribution in [0.1, 0.15) is 52.4 Å². The predicted octanol–water partition coefficient (Wildman–Crippen LogP) is 2.73. The number of hydrogen-bond acceptors (Lipinski definition) is 1. The van der Waals surface area contributed by atoms with Gasteiger partial charge in [-0.15, -0.1) is 0 Å². The van der Waals surface area contributed by atoms with Gasteiger partial charge in [0.05, 0.1) is 5.60 Å². The largest absolute Gasteiger partial charge is 0.390 e. The fourth-order valence-electron chi connectivity index (χ4n) is 1.77. The summed E-state index contributed by atoms with van der Waals surface area (Å²) in [6.07, 6.45) is 6.96. The minimum Gasteiger partial charge on any atom is -0.390 e. The highest BCUT2D eigenvalue weighted by Crippen LogP contribution is 2.35. The van der Waals surface area contributed by atoms with Crippen LogP contribution in [0.5, 0.6) is 0 Å². The summed E-state index contributed by atoms with van der Waals surface area (Å²) < 4.78 is 0. The van der Waals surface area contributed by atoms with Crippen molar-refractivity contribution in [1.82, 2.24) is 0 Å². The fraction of sp³-hybridized carbons (Fsp3) is 1.00. The Balaban J connectivity index is 2.29. The molecular weight excluding hydrogens is 136 g/mol. The van der Waals surface area contributed by atoms with Crippen LogP contribution in [0.3, 0.4) is 0 Å². The molecule has 0 amide bonds. The molecule has 0 spiro atoms. The molecule has 66 valence electrons. The Hall–Kier alpha value is -0.0400. The average molecular weight is 156 g/mol. The topological polar surface area (TPSA) is 20.2 Å². The number of rotatable bonds is 4. The third-order valence-electron chi connectivity index (χ3n) is 3.21. The first-order valence-corrected chi connectivity index (χ1v) is 4.92. The Kier molecular flexibility index (Phi) is 2.94. The fourth-order valence-corrected chi connectivity index (χ4v) is 1.77. The molecule has 0 unspecified atom stereocenters. The first kappa shape index (κ1) is 9.05. The van der Waals surface area contributed by atoms with Gasteiger partial charge in [0.15, 0.2) is 0 Å². The average Bonchev–Trinajstić information content (AvgIpc) is 1.97. The molecular formula is C10H20O. The van der Waals surface area contributed by atoms with Crippen LogP contribution >= 0.6 is 0 Å². The van der Waals surface area contributed by atoms with Crippen molar-refractivity contribution in [2.75, 3.05) is 0 Å². The maximum atomic E-state index is 9.96. The van der Waals surface area contributed by atoms with E-state index in [-0.39, 0.29) is 5.60 Å². The van der Waals surface area contributed by atoms with E-state index in [1.165, 1.54) is 19.3 Å². The van der Waals surface area contributed by atoms with Gasteiger partial charge in [0.2, 0.25) is 0 Å². The van der Waals surface area contributed by atoms with Crippen molar-refractivity contribution in [2.24, 2.45) is 5.92 Å². The number of aliphatic hydroxyl groups is 1. The lowest BCUT2D eigenvalue weighted by Gasteiger charge is -2.34. The Bertz CT molecular complexity index is 112. The van der Waals surface area contributed by atoms with Gasteiger partial charge in [-0.1, -0.05) is 33.1 Å². The van der Waals surface area contributed by atoms with E-state index in [1.807, 2.05) is 0 Å². The summed E-state index contributed by atoms with van der Waals surface area (Å²) in [5.74, 6) is 0.833. The molecule has 0 radical (unpaired) electrons. The van der Waals surface area contributed by atoms with Gasteiger partial charge in [0.25, 0.3) is 0 Å². The van der Waals surface area contributed by atoms with Crippen LogP contribution in [-0.2, 0) is 0 Å². The van der Waals surface area contributed by atoms with Gasteiger partial charge in [-0.05, 0) is 25.2 Å². The van der Waals surface area contributed by atoms with Crippen LogP contribution in [0.2, 0.25) is 0 Å². The Morgan fingerprint density at radius 1 is 1.27 bits per heavy atom. The van der Waals surface area contributed by atoms with Crippen molar-refractivity contribution in [2.45, 2.75) is 58.0 Å². The van der Waals surface area contributed by atoms with Crippen molar-refractivity contribution in [1.29, 1.82) is 0 Å². The summed E-state index contributed by atoms with van der Waals surface area (Å²) in [7, 11) is 0. The molecule has 0 aromatic carbocycles. The lowest BCUT2D eigenvalue weighted by molar-refractivity contribution is -0.00375. The second kappa shape index (κ2) is 3.57. The zero-order valence-electron chi connectivity index (χ0n) is 7.77. The summed E-state index contributed by atoms with van der Waals surface area (Å²) in [5.41, 5.74) is -0.342. The molecule has 0 atom stereocenters. The molecule has 11 heavy (non-hydrogen) atoms. The van der Waals surface area contributed by atoms with Crippen LogP contribution in [0, 0.1) is 5.92 Å². The smallest absolute Gasteiger partial charge is 0.0645 e. The highest BCUT2D eigenvalue weighted by molar-refractivity contribution is 4.82. The van der Waals surface area contributed by atoms with E-state index in [0.29, 0.717) is 0 Å². The Morgan fingerprint density at radius 2 is 1.82 bits per heavy atom. The zero-order chi connectivity index (χ0) is 8.32. The van der Waals surface area contributed by atoms with Crippen LogP contribution < -0.4 is 0 Å². The van der Waals surface area contributed by atoms with E-state index < -0.39 is 0 Å². The third kappa shape index (κ3) is 2.19. The normalized spacial score (nSPS) is 19.9. The van der Waals surface area contributed by atoms with Gasteiger partial charge in [-0.25, -0.2) is 0 Å². The molecule has 0 heterocycles. The molecule has 1 aliphatic rings. The molecule has 1 N–H and O–H groups in total. The highest BCUT2D eigenvalue weighted by atomic mass is 16.3. The standard InChI is InChI=1S/C10H20O/c1-3-10(11,4-2)8-9-6-5-7-9/h9,11H,3-8H2,1-2H3. The van der Waals surface area contributed by atoms with Gasteiger partial charge in [-0.3, -0.25) is 0 Å². The quantitative estimate of drug-likeness (QED) is 0.663. The van der Waals surface area contributed by atoms with Crippen LogP contribution in [0.25, 0.3) is 0 Å². The van der Waals surface area contributed by atoms with Gasteiger partial charge in [0.1, 0.15) is 0 Å². The maximum absolute atomic E-state index is 9.96. The molecule has 0 aromatic rings. The molecule has 1 saturated carbocycles. The second-order valence-electron chi connectivity index (χ2n) is 3.93. The van der Waals surface area contributed by atoms with Crippen molar-refractivity contribution in [3.8, 4) is 0 Å². The molecule has 0 aliphatic heterocycles. The summed E-state index contributed by atoms with van der Waals surface area (Å²) >= 11 is 0. The van der Waals surface area contributed by atoms with Gasteiger partial charge in [0, 0.05) is 0 Å². The van der Waals surface area contributed by atoms with Gasteiger partial charge >= 0.3 is 0 Å². The Labute approximate surface area is 69.8 Å². The molecule has 1 nitrogen and oxygen atoms in total. The lowest BCUT2D eigenvalue weighted by atomic mass is 9.76. The third-order valence-corrected chi connectivity index (χ3v) is 3.21. The van der Waals surface area contributed by atoms with Crippen LogP contribution in [0.15, 0.2) is 0 Å². The summed E-state index contributed by atoms with van der Waals surface area (Å²) in [5, 5.41) is 9.96. The van der Waals surface area contributed by atoms with E-state index in [1.54, 1.807) is 0 Å². The summed E-state index contributed by atoms with van der Waals surface area (Å²) in [4.78, 5) is 0. The molecule has 0 bridgehead atoms. The minimum absolute atomic E-state index is 0.342. The van der Waals surface area contributed by atoms with Crippen LogP contribution in [0.4, 0.5) is 0 Å². The molecule has 1 heteroatoms.